The van der Waals surface area contributed by atoms with Gasteiger partial charge in [0.15, 0.2) is 11.6 Å². The Bertz CT molecular complexity index is 383. The van der Waals surface area contributed by atoms with Gasteiger partial charge in [-0.2, -0.15) is 0 Å². The van der Waals surface area contributed by atoms with Gasteiger partial charge in [0.05, 0.1) is 6.61 Å². The summed E-state index contributed by atoms with van der Waals surface area (Å²) in [5.41, 5.74) is 0. The molecule has 1 aromatic rings. The fourth-order valence-electron chi connectivity index (χ4n) is 2.67. The largest absolute Gasteiger partial charge is 0.491 e. The van der Waals surface area contributed by atoms with Gasteiger partial charge in [-0.05, 0) is 56.8 Å². The van der Waals surface area contributed by atoms with Crippen molar-refractivity contribution < 1.29 is 9.13 Å². The van der Waals surface area contributed by atoms with Crippen molar-refractivity contribution in [3.05, 3.63) is 30.1 Å². The van der Waals surface area contributed by atoms with E-state index in [2.05, 4.69) is 11.8 Å². The second kappa shape index (κ2) is 7.49. The van der Waals surface area contributed by atoms with Crippen LogP contribution in [0.3, 0.4) is 0 Å². The van der Waals surface area contributed by atoms with Crippen LogP contribution < -0.4 is 4.74 Å². The third-order valence-electron chi connectivity index (χ3n) is 3.70. The minimum atomic E-state index is -0.271. The number of hydrogen-bond acceptors (Lipinski definition) is 2. The first-order valence-corrected chi connectivity index (χ1v) is 7.35. The van der Waals surface area contributed by atoms with Gasteiger partial charge in [-0.3, -0.25) is 0 Å². The first kappa shape index (κ1) is 14.3. The van der Waals surface area contributed by atoms with Gasteiger partial charge in [-0.1, -0.05) is 19.1 Å². The van der Waals surface area contributed by atoms with Crippen molar-refractivity contribution >= 4 is 0 Å². The number of halogens is 1. The molecular formula is C16H24FNO. The molecule has 3 heteroatoms. The van der Waals surface area contributed by atoms with Crippen LogP contribution in [0, 0.1) is 11.7 Å². The standard InChI is InChI=1S/C16H24FNO/c1-14-7-6-11-18(13-14)10-4-5-12-19-16-9-3-2-8-15(16)17/h2-3,8-9,14H,4-7,10-13H2,1H3/t14-/m1/s1. The predicted molar refractivity (Wildman–Crippen MR) is 76.0 cm³/mol. The van der Waals surface area contributed by atoms with Crippen molar-refractivity contribution in [3.8, 4) is 5.75 Å². The first-order valence-electron chi connectivity index (χ1n) is 7.35. The van der Waals surface area contributed by atoms with E-state index < -0.39 is 0 Å². The summed E-state index contributed by atoms with van der Waals surface area (Å²) in [5.74, 6) is 0.935. The number of hydrogen-bond donors (Lipinski definition) is 0. The highest BCUT2D eigenvalue weighted by Gasteiger charge is 2.15. The highest BCUT2D eigenvalue weighted by atomic mass is 19.1. The molecule has 2 rings (SSSR count). The fourth-order valence-corrected chi connectivity index (χ4v) is 2.67. The number of para-hydroxylation sites is 1. The number of rotatable bonds is 6. The molecule has 1 aromatic carbocycles. The quantitative estimate of drug-likeness (QED) is 0.727. The number of piperidine rings is 1. The Morgan fingerprint density at radius 2 is 2.16 bits per heavy atom. The van der Waals surface area contributed by atoms with Crippen LogP contribution in [0.4, 0.5) is 4.39 Å². The van der Waals surface area contributed by atoms with Crippen LogP contribution in [-0.4, -0.2) is 31.1 Å². The molecule has 1 saturated heterocycles. The second-order valence-corrected chi connectivity index (χ2v) is 5.53. The Morgan fingerprint density at radius 1 is 1.32 bits per heavy atom. The van der Waals surface area contributed by atoms with E-state index in [0.29, 0.717) is 12.4 Å². The lowest BCUT2D eigenvalue weighted by atomic mass is 10.0. The number of ether oxygens (including phenoxy) is 1. The maximum atomic E-state index is 13.3. The topological polar surface area (TPSA) is 12.5 Å². The summed E-state index contributed by atoms with van der Waals surface area (Å²) in [6.45, 7) is 6.54. The average molecular weight is 265 g/mol. The SMILES string of the molecule is C[C@@H]1CCCN(CCCCOc2ccccc2F)C1. The van der Waals surface area contributed by atoms with E-state index in [1.165, 1.54) is 32.0 Å². The molecule has 2 nitrogen and oxygen atoms in total. The van der Waals surface area contributed by atoms with E-state index in [-0.39, 0.29) is 5.82 Å². The molecule has 0 spiro atoms. The van der Waals surface area contributed by atoms with Crippen molar-refractivity contribution in [3.63, 3.8) is 0 Å². The summed E-state index contributed by atoms with van der Waals surface area (Å²) >= 11 is 0. The molecule has 1 heterocycles. The average Bonchev–Trinajstić information content (AvgIpc) is 2.40. The molecule has 1 fully saturated rings. The molecule has 0 aromatic heterocycles. The lowest BCUT2D eigenvalue weighted by Gasteiger charge is -2.30. The Labute approximate surface area is 115 Å². The van der Waals surface area contributed by atoms with Crippen LogP contribution in [0.5, 0.6) is 5.75 Å². The Balaban J connectivity index is 1.58. The van der Waals surface area contributed by atoms with Crippen LogP contribution in [-0.2, 0) is 0 Å². The molecule has 0 N–H and O–H groups in total. The molecular weight excluding hydrogens is 241 g/mol. The third kappa shape index (κ3) is 4.83. The van der Waals surface area contributed by atoms with Crippen LogP contribution in [0.25, 0.3) is 0 Å². The Morgan fingerprint density at radius 3 is 2.95 bits per heavy atom. The van der Waals surface area contributed by atoms with Gasteiger partial charge in [-0.15, -0.1) is 0 Å². The minimum Gasteiger partial charge on any atom is -0.491 e. The number of benzene rings is 1. The zero-order valence-electron chi connectivity index (χ0n) is 11.8. The summed E-state index contributed by atoms with van der Waals surface area (Å²) in [4.78, 5) is 2.54. The molecule has 0 bridgehead atoms. The summed E-state index contributed by atoms with van der Waals surface area (Å²) in [5, 5.41) is 0. The Hall–Kier alpha value is -1.09. The first-order chi connectivity index (χ1) is 9.25. The molecule has 106 valence electrons. The molecule has 1 aliphatic rings. The highest BCUT2D eigenvalue weighted by Crippen LogP contribution is 2.17. The van der Waals surface area contributed by atoms with E-state index in [4.69, 9.17) is 4.74 Å². The van der Waals surface area contributed by atoms with Gasteiger partial charge < -0.3 is 9.64 Å². The maximum absolute atomic E-state index is 13.3. The van der Waals surface area contributed by atoms with Crippen molar-refractivity contribution in [2.45, 2.75) is 32.6 Å². The molecule has 1 atom stereocenters. The Kier molecular flexibility index (Phi) is 5.64. The highest BCUT2D eigenvalue weighted by molar-refractivity contribution is 5.23. The van der Waals surface area contributed by atoms with E-state index >= 15 is 0 Å². The van der Waals surface area contributed by atoms with Crippen molar-refractivity contribution in [1.82, 2.24) is 4.90 Å². The summed E-state index contributed by atoms with van der Waals surface area (Å²) < 4.78 is 18.8. The molecule has 0 saturated carbocycles. The van der Waals surface area contributed by atoms with E-state index in [1.807, 2.05) is 0 Å². The lowest BCUT2D eigenvalue weighted by molar-refractivity contribution is 0.176. The van der Waals surface area contributed by atoms with Gasteiger partial charge >= 0.3 is 0 Å². The predicted octanol–water partition coefficient (Wildman–Crippen LogP) is 3.72. The van der Waals surface area contributed by atoms with Crippen molar-refractivity contribution in [2.24, 2.45) is 5.92 Å². The number of likely N-dealkylation sites (tertiary alicyclic amines) is 1. The number of nitrogens with zero attached hydrogens (tertiary/aromatic N) is 1. The normalized spacial score (nSPS) is 20.4. The van der Waals surface area contributed by atoms with Gasteiger partial charge in [0, 0.05) is 6.54 Å². The monoisotopic (exact) mass is 265 g/mol. The van der Waals surface area contributed by atoms with E-state index in [1.54, 1.807) is 18.2 Å². The fraction of sp³-hybridized carbons (Fsp3) is 0.625. The van der Waals surface area contributed by atoms with Gasteiger partial charge in [0.1, 0.15) is 0 Å². The van der Waals surface area contributed by atoms with Crippen LogP contribution in [0.2, 0.25) is 0 Å². The van der Waals surface area contributed by atoms with Gasteiger partial charge in [-0.25, -0.2) is 4.39 Å². The molecule has 0 unspecified atom stereocenters. The van der Waals surface area contributed by atoms with Crippen LogP contribution in [0.15, 0.2) is 24.3 Å². The number of unbranched alkanes of at least 4 members (excludes halogenated alkanes) is 1. The van der Waals surface area contributed by atoms with Crippen LogP contribution >= 0.6 is 0 Å². The minimum absolute atomic E-state index is 0.271. The molecule has 0 radical (unpaired) electrons. The lowest BCUT2D eigenvalue weighted by Crippen LogP contribution is -2.35. The summed E-state index contributed by atoms with van der Waals surface area (Å²) in [6, 6.07) is 6.60. The smallest absolute Gasteiger partial charge is 0.165 e. The zero-order chi connectivity index (χ0) is 13.5. The van der Waals surface area contributed by atoms with E-state index in [9.17, 15) is 4.39 Å². The molecule has 0 aliphatic carbocycles. The van der Waals surface area contributed by atoms with E-state index in [0.717, 1.165) is 25.3 Å². The van der Waals surface area contributed by atoms with Crippen molar-refractivity contribution in [2.75, 3.05) is 26.2 Å². The second-order valence-electron chi connectivity index (χ2n) is 5.53. The third-order valence-corrected chi connectivity index (χ3v) is 3.70. The van der Waals surface area contributed by atoms with Gasteiger partial charge in [0.25, 0.3) is 0 Å². The van der Waals surface area contributed by atoms with Crippen molar-refractivity contribution in [1.29, 1.82) is 0 Å². The summed E-state index contributed by atoms with van der Waals surface area (Å²) in [7, 11) is 0. The molecule has 19 heavy (non-hydrogen) atoms. The zero-order valence-corrected chi connectivity index (χ0v) is 11.8. The maximum Gasteiger partial charge on any atom is 0.165 e. The molecule has 1 aliphatic heterocycles. The van der Waals surface area contributed by atoms with Gasteiger partial charge in [0.2, 0.25) is 0 Å². The summed E-state index contributed by atoms with van der Waals surface area (Å²) in [6.07, 6.45) is 4.81. The van der Waals surface area contributed by atoms with Crippen LogP contribution in [0.1, 0.15) is 32.6 Å². The molecule has 0 amide bonds.